The molecule has 0 spiro atoms. The van der Waals surface area contributed by atoms with Crippen LogP contribution in [0.15, 0.2) is 102 Å². The quantitative estimate of drug-likeness (QED) is 0.176. The Bertz CT molecular complexity index is 2250. The van der Waals surface area contributed by atoms with Crippen molar-refractivity contribution in [1.29, 1.82) is 0 Å². The smallest absolute Gasteiger partial charge is 0.216 e. The second kappa shape index (κ2) is 13.0. The molecular formula is C45H48N4O2. The van der Waals surface area contributed by atoms with Crippen LogP contribution in [-0.4, -0.2) is 33.1 Å². The first-order valence-corrected chi connectivity index (χ1v) is 18.5. The number of aromatic nitrogens is 3. The highest BCUT2D eigenvalue weighted by Gasteiger charge is 2.30. The lowest BCUT2D eigenvalue weighted by Gasteiger charge is -2.24. The van der Waals surface area contributed by atoms with Crippen LogP contribution in [0.5, 0.6) is 11.5 Å². The van der Waals surface area contributed by atoms with Crippen LogP contribution in [0, 0.1) is 5.92 Å². The normalized spacial score (nSPS) is 17.1. The zero-order chi connectivity index (χ0) is 35.3. The first kappa shape index (κ1) is 33.2. The molecule has 0 saturated heterocycles. The van der Waals surface area contributed by atoms with Gasteiger partial charge in [-0.05, 0) is 107 Å². The highest BCUT2D eigenvalue weighted by molar-refractivity contribution is 6.09. The van der Waals surface area contributed by atoms with Crippen LogP contribution in [0.1, 0.15) is 90.3 Å². The third-order valence-electron chi connectivity index (χ3n) is 10.7. The molecule has 0 radical (unpaired) electrons. The van der Waals surface area contributed by atoms with E-state index in [-0.39, 0.29) is 16.9 Å². The number of aliphatic imine (C=N–C) groups is 1. The van der Waals surface area contributed by atoms with Crippen LogP contribution in [0.3, 0.4) is 0 Å². The monoisotopic (exact) mass is 676 g/mol. The average Bonchev–Trinajstić information content (AvgIpc) is 3.75. The first-order chi connectivity index (χ1) is 24.5. The molecule has 1 aliphatic heterocycles. The van der Waals surface area contributed by atoms with Gasteiger partial charge in [0, 0.05) is 40.4 Å². The van der Waals surface area contributed by atoms with Gasteiger partial charge in [-0.1, -0.05) is 72.9 Å². The van der Waals surface area contributed by atoms with Crippen molar-refractivity contribution in [2.24, 2.45) is 10.9 Å². The SMILES string of the molecule is CC(C)(C)c1ccnc(-n2c3ccc(C(C)(C)C)cc3c3ccc(Oc4cc(C5=N[C@H](C6CCCCC6)CO5)cc(-c5ccccn5)c4)cc32)c1. The number of nitrogens with zero attached hydrogens (tertiary/aromatic N) is 4. The van der Waals surface area contributed by atoms with E-state index in [1.165, 1.54) is 48.6 Å². The molecule has 2 aliphatic rings. The fourth-order valence-corrected chi connectivity index (χ4v) is 7.69. The fourth-order valence-electron chi connectivity index (χ4n) is 7.69. The van der Waals surface area contributed by atoms with Crippen molar-refractivity contribution in [2.45, 2.75) is 90.5 Å². The van der Waals surface area contributed by atoms with E-state index in [0.29, 0.717) is 24.2 Å². The Morgan fingerprint density at radius 2 is 1.45 bits per heavy atom. The minimum Gasteiger partial charge on any atom is -0.475 e. The summed E-state index contributed by atoms with van der Waals surface area (Å²) in [5, 5.41) is 2.37. The first-order valence-electron chi connectivity index (χ1n) is 18.5. The van der Waals surface area contributed by atoms with Crippen LogP contribution >= 0.6 is 0 Å². The summed E-state index contributed by atoms with van der Waals surface area (Å²) in [5.74, 6) is 3.65. The maximum Gasteiger partial charge on any atom is 0.216 e. The predicted molar refractivity (Wildman–Crippen MR) is 209 cm³/mol. The number of pyridine rings is 2. The van der Waals surface area contributed by atoms with Crippen molar-refractivity contribution in [1.82, 2.24) is 14.5 Å². The lowest BCUT2D eigenvalue weighted by atomic mass is 9.84. The summed E-state index contributed by atoms with van der Waals surface area (Å²) >= 11 is 0. The molecule has 1 saturated carbocycles. The summed E-state index contributed by atoms with van der Waals surface area (Å²) < 4.78 is 15.3. The molecule has 4 heterocycles. The molecule has 1 atom stereocenters. The minimum atomic E-state index is -0.00971. The van der Waals surface area contributed by atoms with Gasteiger partial charge in [-0.25, -0.2) is 9.98 Å². The Morgan fingerprint density at radius 3 is 2.22 bits per heavy atom. The highest BCUT2D eigenvalue weighted by Crippen LogP contribution is 2.39. The largest absolute Gasteiger partial charge is 0.475 e. The average molecular weight is 677 g/mol. The van der Waals surface area contributed by atoms with E-state index < -0.39 is 0 Å². The zero-order valence-corrected chi connectivity index (χ0v) is 30.7. The summed E-state index contributed by atoms with van der Waals surface area (Å²) in [6.45, 7) is 14.2. The van der Waals surface area contributed by atoms with Crippen molar-refractivity contribution >= 4 is 27.7 Å². The van der Waals surface area contributed by atoms with Crippen molar-refractivity contribution in [3.63, 3.8) is 0 Å². The van der Waals surface area contributed by atoms with Gasteiger partial charge in [0.05, 0.1) is 22.8 Å². The molecule has 0 amide bonds. The number of hydrogen-bond acceptors (Lipinski definition) is 5. The molecule has 6 aromatic rings. The van der Waals surface area contributed by atoms with Gasteiger partial charge in [0.1, 0.15) is 23.9 Å². The molecule has 260 valence electrons. The Morgan fingerprint density at radius 1 is 0.667 bits per heavy atom. The van der Waals surface area contributed by atoms with E-state index in [1.54, 1.807) is 0 Å². The molecule has 3 aromatic heterocycles. The molecule has 6 nitrogen and oxygen atoms in total. The molecule has 1 aliphatic carbocycles. The lowest BCUT2D eigenvalue weighted by Crippen LogP contribution is -2.22. The van der Waals surface area contributed by atoms with E-state index in [4.69, 9.17) is 19.5 Å². The molecular weight excluding hydrogens is 629 g/mol. The van der Waals surface area contributed by atoms with Crippen LogP contribution in [-0.2, 0) is 15.6 Å². The minimum absolute atomic E-state index is 0.00971. The maximum atomic E-state index is 6.76. The van der Waals surface area contributed by atoms with Crippen LogP contribution in [0.25, 0.3) is 38.9 Å². The molecule has 8 rings (SSSR count). The molecule has 3 aromatic carbocycles. The van der Waals surface area contributed by atoms with E-state index >= 15 is 0 Å². The number of fused-ring (bicyclic) bond motifs is 3. The van der Waals surface area contributed by atoms with Gasteiger partial charge < -0.3 is 9.47 Å². The lowest BCUT2D eigenvalue weighted by molar-refractivity contribution is 0.240. The second-order valence-electron chi connectivity index (χ2n) is 16.4. The van der Waals surface area contributed by atoms with Gasteiger partial charge in [-0.15, -0.1) is 0 Å². The second-order valence-corrected chi connectivity index (χ2v) is 16.4. The van der Waals surface area contributed by atoms with Crippen molar-refractivity contribution < 1.29 is 9.47 Å². The van der Waals surface area contributed by atoms with Gasteiger partial charge in [0.25, 0.3) is 0 Å². The molecule has 6 heteroatoms. The summed E-state index contributed by atoms with van der Waals surface area (Å²) in [6, 6.07) is 30.0. The van der Waals surface area contributed by atoms with Crippen LogP contribution in [0.4, 0.5) is 0 Å². The third-order valence-corrected chi connectivity index (χ3v) is 10.7. The maximum absolute atomic E-state index is 6.76. The third kappa shape index (κ3) is 6.64. The van der Waals surface area contributed by atoms with Gasteiger partial charge in [0.15, 0.2) is 0 Å². The molecule has 0 unspecified atom stereocenters. The highest BCUT2D eigenvalue weighted by atomic mass is 16.5. The van der Waals surface area contributed by atoms with E-state index in [2.05, 4.69) is 118 Å². The Labute approximate surface area is 301 Å². The van der Waals surface area contributed by atoms with Crippen molar-refractivity contribution in [2.75, 3.05) is 6.61 Å². The summed E-state index contributed by atoms with van der Waals surface area (Å²) in [6.07, 6.45) is 10.1. The van der Waals surface area contributed by atoms with E-state index in [0.717, 1.165) is 44.8 Å². The number of rotatable bonds is 6. The Balaban J connectivity index is 1.23. The number of benzene rings is 3. The number of ether oxygens (including phenoxy) is 2. The van der Waals surface area contributed by atoms with Crippen molar-refractivity contribution in [3.8, 4) is 28.6 Å². The van der Waals surface area contributed by atoms with Gasteiger partial charge in [-0.3, -0.25) is 9.55 Å². The fraction of sp³-hybridized carbons (Fsp3) is 0.356. The summed E-state index contributed by atoms with van der Waals surface area (Å²) in [5.41, 5.74) is 7.48. The molecule has 0 N–H and O–H groups in total. The molecule has 51 heavy (non-hydrogen) atoms. The zero-order valence-electron chi connectivity index (χ0n) is 30.7. The topological polar surface area (TPSA) is 61.5 Å². The Kier molecular flexibility index (Phi) is 8.44. The summed E-state index contributed by atoms with van der Waals surface area (Å²) in [4.78, 5) is 14.7. The van der Waals surface area contributed by atoms with Gasteiger partial charge in [0.2, 0.25) is 5.90 Å². The summed E-state index contributed by atoms with van der Waals surface area (Å²) in [7, 11) is 0. The predicted octanol–water partition coefficient (Wildman–Crippen LogP) is 11.4. The number of hydrogen-bond donors (Lipinski definition) is 0. The standard InChI is InChI=1S/C45H48N4O2/c1-44(2,3)32-15-18-40-37(25-32)36-17-16-34(27-41(36)49(40)42-26-33(19-21-47-42)45(4,5)6)51-35-23-30(38-14-10-11-20-46-38)22-31(24-35)43-48-39(28-50-43)29-12-8-7-9-13-29/h10-11,14-27,29,39H,7-9,12-13,28H2,1-6H3/t39-/m0/s1. The Hall–Kier alpha value is -4.97. The van der Waals surface area contributed by atoms with Gasteiger partial charge >= 0.3 is 0 Å². The molecule has 0 bridgehead atoms. The van der Waals surface area contributed by atoms with E-state index in [9.17, 15) is 0 Å². The van der Waals surface area contributed by atoms with Crippen molar-refractivity contribution in [3.05, 3.63) is 114 Å². The van der Waals surface area contributed by atoms with Crippen LogP contribution in [0.2, 0.25) is 0 Å². The van der Waals surface area contributed by atoms with Gasteiger partial charge in [-0.2, -0.15) is 0 Å². The van der Waals surface area contributed by atoms with E-state index in [1.807, 2.05) is 30.6 Å². The molecule has 1 fully saturated rings. The van der Waals surface area contributed by atoms with Crippen LogP contribution < -0.4 is 4.74 Å².